The fourth-order valence-electron chi connectivity index (χ4n) is 1.84. The lowest BCUT2D eigenvalue weighted by Gasteiger charge is -2.08. The van der Waals surface area contributed by atoms with Gasteiger partial charge in [-0.2, -0.15) is 0 Å². The standard InChI is InChI=1S/C15H19NO/c1-11(2)16-10-15-14(7-8-17-15)13-6-4-5-12(3)9-13/h4-9,11,16H,10H2,1-3H3. The molecular formula is C15H19NO. The number of rotatable bonds is 4. The van der Waals surface area contributed by atoms with Crippen LogP contribution in [0.1, 0.15) is 25.2 Å². The number of hydrogen-bond donors (Lipinski definition) is 1. The Hall–Kier alpha value is -1.54. The Labute approximate surface area is 103 Å². The third-order valence-corrected chi connectivity index (χ3v) is 2.75. The minimum atomic E-state index is 0.463. The Bertz CT molecular complexity index is 485. The lowest BCUT2D eigenvalue weighted by atomic mass is 10.0. The topological polar surface area (TPSA) is 25.2 Å². The highest BCUT2D eigenvalue weighted by Crippen LogP contribution is 2.25. The van der Waals surface area contributed by atoms with Crippen molar-refractivity contribution < 1.29 is 4.42 Å². The summed E-state index contributed by atoms with van der Waals surface area (Å²) < 4.78 is 5.55. The molecule has 0 aliphatic heterocycles. The zero-order valence-electron chi connectivity index (χ0n) is 10.7. The second kappa shape index (κ2) is 5.19. The Morgan fingerprint density at radius 1 is 1.24 bits per heavy atom. The zero-order valence-corrected chi connectivity index (χ0v) is 10.7. The van der Waals surface area contributed by atoms with Gasteiger partial charge in [0.1, 0.15) is 5.76 Å². The highest BCUT2D eigenvalue weighted by molar-refractivity contribution is 5.66. The molecule has 2 aromatic rings. The predicted octanol–water partition coefficient (Wildman–Crippen LogP) is 3.75. The molecule has 0 unspecified atom stereocenters. The lowest BCUT2D eigenvalue weighted by Crippen LogP contribution is -2.21. The van der Waals surface area contributed by atoms with Crippen molar-refractivity contribution in [2.45, 2.75) is 33.4 Å². The predicted molar refractivity (Wildman–Crippen MR) is 70.9 cm³/mol. The summed E-state index contributed by atoms with van der Waals surface area (Å²) in [4.78, 5) is 0. The molecule has 0 amide bonds. The number of nitrogens with one attached hydrogen (secondary N) is 1. The average molecular weight is 229 g/mol. The van der Waals surface area contributed by atoms with Crippen LogP contribution in [-0.4, -0.2) is 6.04 Å². The maximum atomic E-state index is 5.55. The maximum absolute atomic E-state index is 5.55. The molecule has 1 heterocycles. The third-order valence-electron chi connectivity index (χ3n) is 2.75. The first kappa shape index (κ1) is 11.9. The molecule has 1 N–H and O–H groups in total. The first-order valence-electron chi connectivity index (χ1n) is 6.03. The summed E-state index contributed by atoms with van der Waals surface area (Å²) in [6, 6.07) is 11.0. The Morgan fingerprint density at radius 3 is 2.76 bits per heavy atom. The molecule has 0 atom stereocenters. The van der Waals surface area contributed by atoms with Crippen molar-refractivity contribution in [2.75, 3.05) is 0 Å². The van der Waals surface area contributed by atoms with Crippen molar-refractivity contribution in [3.8, 4) is 11.1 Å². The molecule has 2 heteroatoms. The fourth-order valence-corrected chi connectivity index (χ4v) is 1.84. The van der Waals surface area contributed by atoms with E-state index in [1.807, 2.05) is 6.07 Å². The molecule has 0 spiro atoms. The van der Waals surface area contributed by atoms with Crippen LogP contribution in [0.4, 0.5) is 0 Å². The van der Waals surface area contributed by atoms with E-state index in [1.165, 1.54) is 16.7 Å². The van der Waals surface area contributed by atoms with Crippen LogP contribution in [0.5, 0.6) is 0 Å². The molecule has 2 rings (SSSR count). The van der Waals surface area contributed by atoms with E-state index in [2.05, 4.69) is 50.4 Å². The summed E-state index contributed by atoms with van der Waals surface area (Å²) in [5, 5.41) is 3.38. The molecule has 90 valence electrons. The van der Waals surface area contributed by atoms with Crippen LogP contribution >= 0.6 is 0 Å². The minimum absolute atomic E-state index is 0.463. The molecule has 0 aliphatic carbocycles. The van der Waals surface area contributed by atoms with E-state index >= 15 is 0 Å². The molecule has 1 aromatic heterocycles. The Kier molecular flexibility index (Phi) is 3.64. The molecule has 2 nitrogen and oxygen atoms in total. The summed E-state index contributed by atoms with van der Waals surface area (Å²) in [5.74, 6) is 1.00. The highest BCUT2D eigenvalue weighted by atomic mass is 16.3. The van der Waals surface area contributed by atoms with E-state index < -0.39 is 0 Å². The van der Waals surface area contributed by atoms with Crippen molar-refractivity contribution in [1.82, 2.24) is 5.32 Å². The summed E-state index contributed by atoms with van der Waals surface area (Å²) >= 11 is 0. The van der Waals surface area contributed by atoms with Gasteiger partial charge in [0.2, 0.25) is 0 Å². The number of benzene rings is 1. The van der Waals surface area contributed by atoms with Gasteiger partial charge in [-0.3, -0.25) is 0 Å². The van der Waals surface area contributed by atoms with Crippen LogP contribution in [0.15, 0.2) is 41.0 Å². The van der Waals surface area contributed by atoms with Gasteiger partial charge in [-0.05, 0) is 18.6 Å². The van der Waals surface area contributed by atoms with E-state index in [0.717, 1.165) is 12.3 Å². The van der Waals surface area contributed by atoms with Gasteiger partial charge in [0.15, 0.2) is 0 Å². The number of hydrogen-bond acceptors (Lipinski definition) is 2. The third kappa shape index (κ3) is 2.98. The van der Waals surface area contributed by atoms with E-state index in [1.54, 1.807) is 6.26 Å². The monoisotopic (exact) mass is 229 g/mol. The smallest absolute Gasteiger partial charge is 0.125 e. The second-order valence-electron chi connectivity index (χ2n) is 4.66. The van der Waals surface area contributed by atoms with Gasteiger partial charge in [0, 0.05) is 11.6 Å². The van der Waals surface area contributed by atoms with Gasteiger partial charge in [-0.1, -0.05) is 43.7 Å². The van der Waals surface area contributed by atoms with Gasteiger partial charge in [-0.25, -0.2) is 0 Å². The lowest BCUT2D eigenvalue weighted by molar-refractivity contribution is 0.466. The van der Waals surface area contributed by atoms with Crippen LogP contribution in [-0.2, 0) is 6.54 Å². The molecule has 0 radical (unpaired) electrons. The van der Waals surface area contributed by atoms with Gasteiger partial charge in [0.05, 0.1) is 12.8 Å². The molecule has 0 fully saturated rings. The fraction of sp³-hybridized carbons (Fsp3) is 0.333. The molecule has 0 saturated heterocycles. The highest BCUT2D eigenvalue weighted by Gasteiger charge is 2.08. The van der Waals surface area contributed by atoms with Crippen LogP contribution in [0, 0.1) is 6.92 Å². The Morgan fingerprint density at radius 2 is 2.06 bits per heavy atom. The van der Waals surface area contributed by atoms with Crippen LogP contribution in [0.3, 0.4) is 0 Å². The summed E-state index contributed by atoms with van der Waals surface area (Å²) in [7, 11) is 0. The quantitative estimate of drug-likeness (QED) is 0.863. The minimum Gasteiger partial charge on any atom is -0.467 e. The van der Waals surface area contributed by atoms with Gasteiger partial charge in [0.25, 0.3) is 0 Å². The molecule has 0 saturated carbocycles. The van der Waals surface area contributed by atoms with Crippen molar-refractivity contribution in [3.05, 3.63) is 47.9 Å². The van der Waals surface area contributed by atoms with Gasteiger partial charge >= 0.3 is 0 Å². The van der Waals surface area contributed by atoms with E-state index in [4.69, 9.17) is 4.42 Å². The normalized spacial score (nSPS) is 11.1. The van der Waals surface area contributed by atoms with Gasteiger partial charge < -0.3 is 9.73 Å². The van der Waals surface area contributed by atoms with Crippen molar-refractivity contribution >= 4 is 0 Å². The zero-order chi connectivity index (χ0) is 12.3. The summed E-state index contributed by atoms with van der Waals surface area (Å²) in [6.45, 7) is 7.15. The first-order chi connectivity index (χ1) is 8.16. The van der Waals surface area contributed by atoms with Crippen molar-refractivity contribution in [1.29, 1.82) is 0 Å². The van der Waals surface area contributed by atoms with Crippen LogP contribution in [0.2, 0.25) is 0 Å². The number of aryl methyl sites for hydroxylation is 1. The van der Waals surface area contributed by atoms with E-state index in [-0.39, 0.29) is 0 Å². The SMILES string of the molecule is Cc1cccc(-c2ccoc2CNC(C)C)c1. The molecule has 17 heavy (non-hydrogen) atoms. The summed E-state index contributed by atoms with van der Waals surface area (Å²) in [6.07, 6.45) is 1.76. The average Bonchev–Trinajstić information content (AvgIpc) is 2.74. The Balaban J connectivity index is 2.24. The largest absolute Gasteiger partial charge is 0.467 e. The molecular weight excluding hydrogens is 210 g/mol. The van der Waals surface area contributed by atoms with Crippen molar-refractivity contribution in [2.24, 2.45) is 0 Å². The molecule has 0 aliphatic rings. The van der Waals surface area contributed by atoms with E-state index in [9.17, 15) is 0 Å². The van der Waals surface area contributed by atoms with Crippen LogP contribution < -0.4 is 5.32 Å². The first-order valence-corrected chi connectivity index (χ1v) is 6.03. The summed E-state index contributed by atoms with van der Waals surface area (Å²) in [5.41, 5.74) is 3.67. The number of furan rings is 1. The second-order valence-corrected chi connectivity index (χ2v) is 4.66. The van der Waals surface area contributed by atoms with Crippen LogP contribution in [0.25, 0.3) is 11.1 Å². The van der Waals surface area contributed by atoms with Crippen molar-refractivity contribution in [3.63, 3.8) is 0 Å². The molecule has 0 bridgehead atoms. The molecule has 1 aromatic carbocycles. The van der Waals surface area contributed by atoms with Gasteiger partial charge in [-0.15, -0.1) is 0 Å². The maximum Gasteiger partial charge on any atom is 0.125 e. The van der Waals surface area contributed by atoms with E-state index in [0.29, 0.717) is 6.04 Å².